The van der Waals surface area contributed by atoms with E-state index in [0.717, 1.165) is 5.56 Å². The lowest BCUT2D eigenvalue weighted by molar-refractivity contribution is 0.0690. The van der Waals surface area contributed by atoms with Crippen molar-refractivity contribution in [2.75, 3.05) is 5.32 Å². The summed E-state index contributed by atoms with van der Waals surface area (Å²) < 4.78 is 0. The number of nitrogens with zero attached hydrogens (tertiary/aromatic N) is 1. The Hall–Kier alpha value is -2.69. The van der Waals surface area contributed by atoms with E-state index in [1.54, 1.807) is 18.2 Å². The fourth-order valence-electron chi connectivity index (χ4n) is 1.85. The Labute approximate surface area is 122 Å². The van der Waals surface area contributed by atoms with E-state index in [1.165, 1.54) is 12.3 Å². The minimum atomic E-state index is -1.13. The number of aromatic nitrogens is 1. The van der Waals surface area contributed by atoms with E-state index in [4.69, 9.17) is 5.11 Å². The largest absolute Gasteiger partial charge is 0.477 e. The quantitative estimate of drug-likeness (QED) is 0.903. The van der Waals surface area contributed by atoms with Crippen molar-refractivity contribution in [2.24, 2.45) is 0 Å². The second-order valence-electron chi connectivity index (χ2n) is 4.97. The number of benzene rings is 1. The topological polar surface area (TPSA) is 79.3 Å². The van der Waals surface area contributed by atoms with Gasteiger partial charge in [-0.1, -0.05) is 26.0 Å². The van der Waals surface area contributed by atoms with E-state index < -0.39 is 5.97 Å². The van der Waals surface area contributed by atoms with Crippen LogP contribution in [0.5, 0.6) is 0 Å². The zero-order valence-corrected chi connectivity index (χ0v) is 11.8. The molecule has 0 atom stereocenters. The number of amides is 1. The van der Waals surface area contributed by atoms with Gasteiger partial charge in [0.2, 0.25) is 0 Å². The van der Waals surface area contributed by atoms with Crippen LogP contribution in [0.1, 0.15) is 46.2 Å². The fraction of sp³-hybridized carbons (Fsp3) is 0.188. The smallest absolute Gasteiger partial charge is 0.354 e. The van der Waals surface area contributed by atoms with Crippen molar-refractivity contribution < 1.29 is 14.7 Å². The standard InChI is InChI=1S/C16H16N2O3/c1-10(2)11-3-5-12(6-4-11)15(19)18-13-7-8-17-14(9-13)16(20)21/h3-10H,1-2H3,(H,20,21)(H,17,18,19). The van der Waals surface area contributed by atoms with Gasteiger partial charge in [-0.3, -0.25) is 4.79 Å². The molecule has 0 spiro atoms. The molecule has 1 heterocycles. The maximum Gasteiger partial charge on any atom is 0.354 e. The molecule has 5 nitrogen and oxygen atoms in total. The van der Waals surface area contributed by atoms with Crippen LogP contribution in [0, 0.1) is 0 Å². The lowest BCUT2D eigenvalue weighted by Gasteiger charge is -2.08. The molecule has 0 aliphatic rings. The van der Waals surface area contributed by atoms with Crippen LogP contribution in [0.2, 0.25) is 0 Å². The highest BCUT2D eigenvalue weighted by atomic mass is 16.4. The third-order valence-electron chi connectivity index (χ3n) is 3.08. The second-order valence-corrected chi connectivity index (χ2v) is 4.97. The first-order chi connectivity index (χ1) is 9.97. The number of rotatable bonds is 4. The number of aromatic carboxylic acids is 1. The summed E-state index contributed by atoms with van der Waals surface area (Å²) in [5.74, 6) is -1.01. The fourth-order valence-corrected chi connectivity index (χ4v) is 1.85. The number of anilines is 1. The van der Waals surface area contributed by atoms with Crippen LogP contribution in [0.15, 0.2) is 42.6 Å². The molecule has 1 aromatic heterocycles. The van der Waals surface area contributed by atoms with Gasteiger partial charge in [0.25, 0.3) is 5.91 Å². The monoisotopic (exact) mass is 284 g/mol. The van der Waals surface area contributed by atoms with E-state index in [0.29, 0.717) is 17.2 Å². The Balaban J connectivity index is 2.14. The Bertz CT molecular complexity index is 663. The van der Waals surface area contributed by atoms with E-state index in [-0.39, 0.29) is 11.6 Å². The first kappa shape index (κ1) is 14.7. The summed E-state index contributed by atoms with van der Waals surface area (Å²) in [4.78, 5) is 26.6. The van der Waals surface area contributed by atoms with E-state index in [2.05, 4.69) is 24.1 Å². The first-order valence-electron chi connectivity index (χ1n) is 6.58. The molecule has 0 unspecified atom stereocenters. The van der Waals surface area contributed by atoms with Gasteiger partial charge in [0.1, 0.15) is 5.69 Å². The molecular formula is C16H16N2O3. The number of carboxylic acids is 1. The van der Waals surface area contributed by atoms with Crippen molar-refractivity contribution in [2.45, 2.75) is 19.8 Å². The van der Waals surface area contributed by atoms with Gasteiger partial charge < -0.3 is 10.4 Å². The maximum absolute atomic E-state index is 12.1. The first-order valence-corrected chi connectivity index (χ1v) is 6.58. The molecule has 0 radical (unpaired) electrons. The molecule has 108 valence electrons. The predicted molar refractivity (Wildman–Crippen MR) is 79.7 cm³/mol. The van der Waals surface area contributed by atoms with Crippen molar-refractivity contribution in [3.63, 3.8) is 0 Å². The lowest BCUT2D eigenvalue weighted by Crippen LogP contribution is -2.13. The molecule has 2 aromatic rings. The Kier molecular flexibility index (Phi) is 4.33. The number of carbonyl (C=O) groups is 2. The van der Waals surface area contributed by atoms with Crippen LogP contribution in [0.3, 0.4) is 0 Å². The van der Waals surface area contributed by atoms with Gasteiger partial charge in [-0.15, -0.1) is 0 Å². The van der Waals surface area contributed by atoms with Gasteiger partial charge in [0.05, 0.1) is 0 Å². The highest BCUT2D eigenvalue weighted by Gasteiger charge is 2.09. The highest BCUT2D eigenvalue weighted by molar-refractivity contribution is 6.04. The minimum absolute atomic E-state index is 0.108. The molecule has 0 fully saturated rings. The van der Waals surface area contributed by atoms with Gasteiger partial charge in [0.15, 0.2) is 0 Å². The van der Waals surface area contributed by atoms with Crippen molar-refractivity contribution in [1.29, 1.82) is 0 Å². The number of carboxylic acid groups (broad SMARTS) is 1. The van der Waals surface area contributed by atoms with Gasteiger partial charge in [-0.2, -0.15) is 0 Å². The van der Waals surface area contributed by atoms with E-state index >= 15 is 0 Å². The average Bonchev–Trinajstić information content (AvgIpc) is 2.47. The molecule has 2 N–H and O–H groups in total. The van der Waals surface area contributed by atoms with Crippen LogP contribution in [0.25, 0.3) is 0 Å². The molecule has 0 saturated carbocycles. The van der Waals surface area contributed by atoms with E-state index in [1.807, 2.05) is 12.1 Å². The van der Waals surface area contributed by atoms with Crippen LogP contribution in [-0.2, 0) is 0 Å². The third kappa shape index (κ3) is 3.66. The van der Waals surface area contributed by atoms with Crippen LogP contribution < -0.4 is 5.32 Å². The number of hydrogen-bond acceptors (Lipinski definition) is 3. The average molecular weight is 284 g/mol. The molecule has 2 rings (SSSR count). The van der Waals surface area contributed by atoms with Gasteiger partial charge in [0, 0.05) is 17.4 Å². The normalized spacial score (nSPS) is 10.4. The second kappa shape index (κ2) is 6.17. The summed E-state index contributed by atoms with van der Waals surface area (Å²) in [7, 11) is 0. The molecule has 0 aliphatic carbocycles. The number of carbonyl (C=O) groups excluding carboxylic acids is 1. The van der Waals surface area contributed by atoms with Gasteiger partial charge in [-0.25, -0.2) is 9.78 Å². The zero-order valence-electron chi connectivity index (χ0n) is 11.8. The van der Waals surface area contributed by atoms with E-state index in [9.17, 15) is 9.59 Å². The predicted octanol–water partition coefficient (Wildman–Crippen LogP) is 3.16. The van der Waals surface area contributed by atoms with Crippen molar-refractivity contribution in [3.05, 3.63) is 59.4 Å². The van der Waals surface area contributed by atoms with Gasteiger partial charge >= 0.3 is 5.97 Å². The van der Waals surface area contributed by atoms with Crippen LogP contribution in [0.4, 0.5) is 5.69 Å². The zero-order chi connectivity index (χ0) is 15.4. The summed E-state index contributed by atoms with van der Waals surface area (Å²) in [6.07, 6.45) is 1.35. The summed E-state index contributed by atoms with van der Waals surface area (Å²) in [5.41, 5.74) is 1.97. The molecule has 0 bridgehead atoms. The maximum atomic E-state index is 12.1. The number of pyridine rings is 1. The number of nitrogens with one attached hydrogen (secondary N) is 1. The number of hydrogen-bond donors (Lipinski definition) is 2. The van der Waals surface area contributed by atoms with Crippen molar-refractivity contribution >= 4 is 17.6 Å². The van der Waals surface area contributed by atoms with Gasteiger partial charge in [-0.05, 0) is 35.7 Å². The third-order valence-corrected chi connectivity index (χ3v) is 3.08. The van der Waals surface area contributed by atoms with Crippen molar-refractivity contribution in [3.8, 4) is 0 Å². The summed E-state index contributed by atoms with van der Waals surface area (Å²) >= 11 is 0. The molecule has 0 saturated heterocycles. The lowest BCUT2D eigenvalue weighted by atomic mass is 10.0. The Morgan fingerprint density at radius 1 is 1.14 bits per heavy atom. The molecule has 0 aliphatic heterocycles. The minimum Gasteiger partial charge on any atom is -0.477 e. The summed E-state index contributed by atoms with van der Waals surface area (Å²) in [5, 5.41) is 11.5. The highest BCUT2D eigenvalue weighted by Crippen LogP contribution is 2.16. The molecule has 1 amide bonds. The molecule has 5 heteroatoms. The van der Waals surface area contributed by atoms with Crippen molar-refractivity contribution in [1.82, 2.24) is 4.98 Å². The SMILES string of the molecule is CC(C)c1ccc(C(=O)Nc2ccnc(C(=O)O)c2)cc1. The van der Waals surface area contributed by atoms with Crippen LogP contribution in [-0.4, -0.2) is 22.0 Å². The Morgan fingerprint density at radius 3 is 2.38 bits per heavy atom. The summed E-state index contributed by atoms with van der Waals surface area (Å²) in [6, 6.07) is 10.2. The molecular weight excluding hydrogens is 268 g/mol. The van der Waals surface area contributed by atoms with Crippen LogP contribution >= 0.6 is 0 Å². The molecule has 21 heavy (non-hydrogen) atoms. The molecule has 1 aromatic carbocycles. The summed E-state index contributed by atoms with van der Waals surface area (Å²) in [6.45, 7) is 4.17. The Morgan fingerprint density at radius 2 is 1.81 bits per heavy atom.